The summed E-state index contributed by atoms with van der Waals surface area (Å²) in [6.45, 7) is 0. The Bertz CT molecular complexity index is 720. The van der Waals surface area contributed by atoms with E-state index in [0.717, 1.165) is 11.3 Å². The second kappa shape index (κ2) is 7.49. The third kappa shape index (κ3) is 3.92. The number of carbonyl (C=O) groups excluding carboxylic acids is 1. The van der Waals surface area contributed by atoms with Crippen LogP contribution < -0.4 is 14.4 Å². The van der Waals surface area contributed by atoms with Gasteiger partial charge in [-0.05, 0) is 30.4 Å². The summed E-state index contributed by atoms with van der Waals surface area (Å²) in [5.41, 5.74) is 2.43. The van der Waals surface area contributed by atoms with Crippen LogP contribution in [0.5, 0.6) is 11.5 Å². The van der Waals surface area contributed by atoms with Gasteiger partial charge >= 0.3 is 0 Å². The van der Waals surface area contributed by atoms with Crippen molar-refractivity contribution in [3.8, 4) is 11.5 Å². The van der Waals surface area contributed by atoms with Crippen molar-refractivity contribution in [3.63, 3.8) is 0 Å². The number of nitrogens with zero attached hydrogens (tertiary/aromatic N) is 1. The average molecular weight is 311 g/mol. The molecule has 0 aliphatic heterocycles. The number of methoxy groups -OCH3 is 2. The molecule has 0 N–H and O–H groups in total. The minimum absolute atomic E-state index is 0.0569. The number of benzene rings is 2. The van der Waals surface area contributed by atoms with Crippen molar-refractivity contribution in [1.82, 2.24) is 0 Å². The van der Waals surface area contributed by atoms with Crippen LogP contribution in [-0.4, -0.2) is 34.1 Å². The molecular weight excluding hydrogens is 290 g/mol. The van der Waals surface area contributed by atoms with Crippen molar-refractivity contribution in [2.24, 2.45) is 0 Å². The smallest absolute Gasteiger partial charge is 0.185 e. The maximum absolute atomic E-state index is 12.4. The third-order valence-electron chi connectivity index (χ3n) is 3.49. The van der Waals surface area contributed by atoms with E-state index in [0.29, 0.717) is 17.1 Å². The summed E-state index contributed by atoms with van der Waals surface area (Å²) < 4.78 is 10.6. The summed E-state index contributed by atoms with van der Waals surface area (Å²) in [5, 5.41) is 0. The van der Waals surface area contributed by atoms with E-state index >= 15 is 0 Å². The van der Waals surface area contributed by atoms with E-state index in [1.54, 1.807) is 26.4 Å². The van der Waals surface area contributed by atoms with Crippen molar-refractivity contribution < 1.29 is 14.3 Å². The standard InChI is InChI=1S/C19H21NO3/c1-20(2)16-9-5-8-15(13-16)17(21)12-11-14-7-6-10-18(22-3)19(14)23-4/h5-13H,1-4H3. The lowest BCUT2D eigenvalue weighted by Crippen LogP contribution is -2.09. The van der Waals surface area contributed by atoms with E-state index in [1.807, 2.05) is 61.5 Å². The van der Waals surface area contributed by atoms with Gasteiger partial charge in [0.2, 0.25) is 0 Å². The zero-order valence-corrected chi connectivity index (χ0v) is 13.9. The van der Waals surface area contributed by atoms with Gasteiger partial charge in [0.1, 0.15) is 0 Å². The maximum atomic E-state index is 12.4. The van der Waals surface area contributed by atoms with E-state index in [2.05, 4.69) is 0 Å². The topological polar surface area (TPSA) is 38.8 Å². The van der Waals surface area contributed by atoms with Gasteiger partial charge in [0.15, 0.2) is 17.3 Å². The van der Waals surface area contributed by atoms with Crippen molar-refractivity contribution in [2.45, 2.75) is 0 Å². The predicted octanol–water partition coefficient (Wildman–Crippen LogP) is 3.67. The van der Waals surface area contributed by atoms with Crippen molar-refractivity contribution in [3.05, 3.63) is 59.7 Å². The Kier molecular flexibility index (Phi) is 5.41. The first kappa shape index (κ1) is 16.6. The molecule has 0 atom stereocenters. The van der Waals surface area contributed by atoms with Gasteiger partial charge in [-0.25, -0.2) is 0 Å². The van der Waals surface area contributed by atoms with Crippen LogP contribution in [0.4, 0.5) is 5.69 Å². The van der Waals surface area contributed by atoms with E-state index in [-0.39, 0.29) is 5.78 Å². The number of ketones is 1. The molecule has 0 aliphatic rings. The molecule has 0 fully saturated rings. The highest BCUT2D eigenvalue weighted by Crippen LogP contribution is 2.31. The average Bonchev–Trinajstić information content (AvgIpc) is 2.59. The molecule has 0 radical (unpaired) electrons. The highest BCUT2D eigenvalue weighted by molar-refractivity contribution is 6.07. The van der Waals surface area contributed by atoms with Crippen LogP contribution in [0.3, 0.4) is 0 Å². The van der Waals surface area contributed by atoms with Crippen LogP contribution in [0.2, 0.25) is 0 Å². The molecule has 0 aliphatic carbocycles. The molecule has 0 saturated carbocycles. The number of ether oxygens (including phenoxy) is 2. The molecule has 2 rings (SSSR count). The minimum atomic E-state index is -0.0569. The van der Waals surface area contributed by atoms with Crippen LogP contribution in [0.25, 0.3) is 6.08 Å². The first-order valence-corrected chi connectivity index (χ1v) is 7.27. The quantitative estimate of drug-likeness (QED) is 0.603. The number of hydrogen-bond donors (Lipinski definition) is 0. The molecule has 120 valence electrons. The fourth-order valence-electron chi connectivity index (χ4n) is 2.24. The fourth-order valence-corrected chi connectivity index (χ4v) is 2.24. The van der Waals surface area contributed by atoms with Crippen LogP contribution >= 0.6 is 0 Å². The lowest BCUT2D eigenvalue weighted by molar-refractivity contribution is 0.104. The molecular formula is C19H21NO3. The van der Waals surface area contributed by atoms with Gasteiger partial charge in [-0.15, -0.1) is 0 Å². The van der Waals surface area contributed by atoms with E-state index in [4.69, 9.17) is 9.47 Å². The van der Waals surface area contributed by atoms with Gasteiger partial charge < -0.3 is 14.4 Å². The summed E-state index contributed by atoms with van der Waals surface area (Å²) in [5.74, 6) is 1.19. The first-order chi connectivity index (χ1) is 11.1. The molecule has 0 amide bonds. The Balaban J connectivity index is 2.27. The molecule has 4 nitrogen and oxygen atoms in total. The number of hydrogen-bond acceptors (Lipinski definition) is 4. The van der Waals surface area contributed by atoms with Gasteiger partial charge in [0, 0.05) is 30.9 Å². The van der Waals surface area contributed by atoms with Gasteiger partial charge in [-0.3, -0.25) is 4.79 Å². The van der Waals surface area contributed by atoms with Crippen molar-refractivity contribution >= 4 is 17.5 Å². The lowest BCUT2D eigenvalue weighted by atomic mass is 10.1. The molecule has 0 aromatic heterocycles. The molecule has 0 unspecified atom stereocenters. The molecule has 4 heteroatoms. The number of rotatable bonds is 6. The highest BCUT2D eigenvalue weighted by atomic mass is 16.5. The molecule has 0 saturated heterocycles. The largest absolute Gasteiger partial charge is 0.493 e. The van der Waals surface area contributed by atoms with Gasteiger partial charge in [-0.1, -0.05) is 24.3 Å². The van der Waals surface area contributed by atoms with Gasteiger partial charge in [-0.2, -0.15) is 0 Å². The number of anilines is 1. The lowest BCUT2D eigenvalue weighted by Gasteiger charge is -2.12. The fraction of sp³-hybridized carbons (Fsp3) is 0.211. The summed E-state index contributed by atoms with van der Waals surface area (Å²) in [7, 11) is 7.06. The van der Waals surface area contributed by atoms with Crippen LogP contribution in [0.15, 0.2) is 48.5 Å². The summed E-state index contributed by atoms with van der Waals surface area (Å²) >= 11 is 0. The summed E-state index contributed by atoms with van der Waals surface area (Å²) in [6.07, 6.45) is 3.29. The van der Waals surface area contributed by atoms with Crippen LogP contribution in [-0.2, 0) is 0 Å². The Morgan fingerprint density at radius 3 is 2.43 bits per heavy atom. The number of para-hydroxylation sites is 1. The maximum Gasteiger partial charge on any atom is 0.185 e. The molecule has 0 heterocycles. The van der Waals surface area contributed by atoms with E-state index in [9.17, 15) is 4.79 Å². The molecule has 0 spiro atoms. The third-order valence-corrected chi connectivity index (χ3v) is 3.49. The van der Waals surface area contributed by atoms with Gasteiger partial charge in [0.05, 0.1) is 14.2 Å². The monoisotopic (exact) mass is 311 g/mol. The molecule has 23 heavy (non-hydrogen) atoms. The Morgan fingerprint density at radius 1 is 1.04 bits per heavy atom. The Morgan fingerprint density at radius 2 is 1.78 bits per heavy atom. The van der Waals surface area contributed by atoms with Crippen LogP contribution in [0, 0.1) is 0 Å². The second-order valence-electron chi connectivity index (χ2n) is 5.23. The summed E-state index contributed by atoms with van der Waals surface area (Å²) in [4.78, 5) is 14.3. The highest BCUT2D eigenvalue weighted by Gasteiger charge is 2.08. The summed E-state index contributed by atoms with van der Waals surface area (Å²) in [6, 6.07) is 13.1. The van der Waals surface area contributed by atoms with Crippen molar-refractivity contribution in [2.75, 3.05) is 33.2 Å². The zero-order chi connectivity index (χ0) is 16.8. The van der Waals surface area contributed by atoms with Crippen molar-refractivity contribution in [1.29, 1.82) is 0 Å². The molecule has 2 aromatic carbocycles. The Labute approximate surface area is 137 Å². The predicted molar refractivity (Wildman–Crippen MR) is 93.7 cm³/mol. The normalized spacial score (nSPS) is 10.6. The zero-order valence-electron chi connectivity index (χ0n) is 13.9. The molecule has 0 bridgehead atoms. The molecule has 2 aromatic rings. The minimum Gasteiger partial charge on any atom is -0.493 e. The van der Waals surface area contributed by atoms with E-state index < -0.39 is 0 Å². The van der Waals surface area contributed by atoms with E-state index in [1.165, 1.54) is 0 Å². The Hall–Kier alpha value is -2.75. The number of carbonyl (C=O) groups is 1. The second-order valence-corrected chi connectivity index (χ2v) is 5.23. The van der Waals surface area contributed by atoms with Crippen LogP contribution in [0.1, 0.15) is 15.9 Å². The SMILES string of the molecule is COc1cccc(C=CC(=O)c2cccc(N(C)C)c2)c1OC. The van der Waals surface area contributed by atoms with Gasteiger partial charge in [0.25, 0.3) is 0 Å². The number of allylic oxidation sites excluding steroid dienone is 1. The first-order valence-electron chi connectivity index (χ1n) is 7.27.